The standard InChI is InChI=1S/C19H17ClF2O4S/c20-12-1-3-13(4-2-12)27(24,25)19(11-18(23)7-8-18)9-10-26-17-15(22)6-5-14(21)16(17)19/h1-6,23H,7-11H2. The molecule has 27 heavy (non-hydrogen) atoms. The summed E-state index contributed by atoms with van der Waals surface area (Å²) in [6.07, 6.45) is 0.519. The maximum absolute atomic E-state index is 14.8. The lowest BCUT2D eigenvalue weighted by Gasteiger charge is -2.40. The smallest absolute Gasteiger partial charge is 0.188 e. The van der Waals surface area contributed by atoms with E-state index in [1.807, 2.05) is 0 Å². The van der Waals surface area contributed by atoms with Crippen molar-refractivity contribution < 1.29 is 27.0 Å². The molecule has 4 nitrogen and oxygen atoms in total. The van der Waals surface area contributed by atoms with Crippen molar-refractivity contribution in [2.45, 2.75) is 40.9 Å². The third-order valence-corrected chi connectivity index (χ3v) is 8.07. The molecule has 2 aromatic rings. The number of benzene rings is 2. The van der Waals surface area contributed by atoms with E-state index in [0.29, 0.717) is 17.9 Å². The van der Waals surface area contributed by atoms with E-state index in [2.05, 4.69) is 0 Å². The van der Waals surface area contributed by atoms with Crippen LogP contribution in [0, 0.1) is 11.6 Å². The predicted octanol–water partition coefficient (Wildman–Crippen LogP) is 3.98. The molecular formula is C19H17ClF2O4S. The summed E-state index contributed by atoms with van der Waals surface area (Å²) in [5.74, 6) is -2.10. The summed E-state index contributed by atoms with van der Waals surface area (Å²) in [7, 11) is -4.19. The minimum Gasteiger partial charge on any atom is -0.490 e. The van der Waals surface area contributed by atoms with Gasteiger partial charge < -0.3 is 9.84 Å². The van der Waals surface area contributed by atoms with Crippen molar-refractivity contribution >= 4 is 21.4 Å². The summed E-state index contributed by atoms with van der Waals surface area (Å²) in [5, 5.41) is 10.9. The molecule has 1 atom stereocenters. The van der Waals surface area contributed by atoms with Gasteiger partial charge in [-0.2, -0.15) is 0 Å². The Balaban J connectivity index is 1.99. The molecule has 1 heterocycles. The topological polar surface area (TPSA) is 63.6 Å². The second-order valence-corrected chi connectivity index (χ2v) is 9.88. The second-order valence-electron chi connectivity index (χ2n) is 7.18. The first kappa shape index (κ1) is 18.7. The molecule has 2 aromatic carbocycles. The van der Waals surface area contributed by atoms with Gasteiger partial charge in [-0.1, -0.05) is 11.6 Å². The van der Waals surface area contributed by atoms with Gasteiger partial charge in [-0.25, -0.2) is 17.2 Å². The van der Waals surface area contributed by atoms with E-state index in [1.165, 1.54) is 24.3 Å². The highest BCUT2D eigenvalue weighted by Gasteiger charge is 2.58. The fraction of sp³-hybridized carbons (Fsp3) is 0.368. The number of halogens is 3. The molecule has 2 aliphatic rings. The van der Waals surface area contributed by atoms with Crippen molar-refractivity contribution in [1.29, 1.82) is 0 Å². The average Bonchev–Trinajstić information content (AvgIpc) is 3.35. The number of fused-ring (bicyclic) bond motifs is 1. The summed E-state index contributed by atoms with van der Waals surface area (Å²) in [5.41, 5.74) is -1.56. The summed E-state index contributed by atoms with van der Waals surface area (Å²) >= 11 is 5.86. The van der Waals surface area contributed by atoms with E-state index in [9.17, 15) is 22.3 Å². The third kappa shape index (κ3) is 2.92. The molecule has 1 aliphatic heterocycles. The molecule has 0 aromatic heterocycles. The summed E-state index contributed by atoms with van der Waals surface area (Å²) in [6.45, 7) is -0.101. The van der Waals surface area contributed by atoms with E-state index in [4.69, 9.17) is 16.3 Å². The Labute approximate surface area is 160 Å². The third-order valence-electron chi connectivity index (χ3n) is 5.35. The quantitative estimate of drug-likeness (QED) is 0.821. The van der Waals surface area contributed by atoms with E-state index < -0.39 is 37.6 Å². The maximum atomic E-state index is 14.8. The maximum Gasteiger partial charge on any atom is 0.188 e. The van der Waals surface area contributed by atoms with Gasteiger partial charge >= 0.3 is 0 Å². The largest absolute Gasteiger partial charge is 0.490 e. The zero-order valence-electron chi connectivity index (χ0n) is 14.2. The van der Waals surface area contributed by atoms with Crippen molar-refractivity contribution in [3.8, 4) is 5.75 Å². The van der Waals surface area contributed by atoms with Crippen molar-refractivity contribution in [2.75, 3.05) is 6.61 Å². The fourth-order valence-corrected chi connectivity index (χ4v) is 6.12. The van der Waals surface area contributed by atoms with Crippen LogP contribution in [0.4, 0.5) is 8.78 Å². The molecule has 0 spiro atoms. The molecule has 1 fully saturated rings. The minimum atomic E-state index is -4.19. The zero-order valence-corrected chi connectivity index (χ0v) is 15.8. The number of sulfone groups is 1. The summed E-state index contributed by atoms with van der Waals surface area (Å²) in [4.78, 5) is -0.0624. The lowest BCUT2D eigenvalue weighted by molar-refractivity contribution is 0.108. The molecule has 144 valence electrons. The van der Waals surface area contributed by atoms with Gasteiger partial charge in [0, 0.05) is 17.9 Å². The van der Waals surface area contributed by atoms with Crippen LogP contribution in [0.2, 0.25) is 5.02 Å². The molecule has 0 amide bonds. The number of aliphatic hydroxyl groups is 1. The fourth-order valence-electron chi connectivity index (χ4n) is 3.77. The monoisotopic (exact) mass is 414 g/mol. The molecule has 1 unspecified atom stereocenters. The van der Waals surface area contributed by atoms with E-state index >= 15 is 0 Å². The zero-order chi connectivity index (χ0) is 19.4. The molecule has 1 aliphatic carbocycles. The number of hydrogen-bond donors (Lipinski definition) is 1. The Kier molecular flexibility index (Phi) is 4.25. The molecule has 0 saturated heterocycles. The first-order valence-electron chi connectivity index (χ1n) is 8.52. The highest BCUT2D eigenvalue weighted by atomic mass is 35.5. The lowest BCUT2D eigenvalue weighted by Crippen LogP contribution is -2.44. The van der Waals surface area contributed by atoms with Gasteiger partial charge in [-0.3, -0.25) is 0 Å². The first-order valence-corrected chi connectivity index (χ1v) is 10.4. The number of rotatable bonds is 4. The van der Waals surface area contributed by atoms with Crippen LogP contribution in [0.25, 0.3) is 0 Å². The van der Waals surface area contributed by atoms with Gasteiger partial charge in [0.25, 0.3) is 0 Å². The van der Waals surface area contributed by atoms with Crippen LogP contribution in [0.1, 0.15) is 31.2 Å². The van der Waals surface area contributed by atoms with Crippen LogP contribution in [0.3, 0.4) is 0 Å². The van der Waals surface area contributed by atoms with Gasteiger partial charge in [0.15, 0.2) is 21.4 Å². The Morgan fingerprint density at radius 2 is 1.67 bits per heavy atom. The Morgan fingerprint density at radius 1 is 1.04 bits per heavy atom. The van der Waals surface area contributed by atoms with Crippen LogP contribution in [0.15, 0.2) is 41.3 Å². The van der Waals surface area contributed by atoms with Crippen molar-refractivity contribution in [3.63, 3.8) is 0 Å². The molecular weight excluding hydrogens is 398 g/mol. The van der Waals surface area contributed by atoms with E-state index in [0.717, 1.165) is 12.1 Å². The first-order chi connectivity index (χ1) is 12.7. The second kappa shape index (κ2) is 6.15. The van der Waals surface area contributed by atoms with Gasteiger partial charge in [0.1, 0.15) is 10.6 Å². The molecule has 0 bridgehead atoms. The Bertz CT molecular complexity index is 1000. The van der Waals surface area contributed by atoms with Gasteiger partial charge in [0.05, 0.1) is 22.7 Å². The van der Waals surface area contributed by atoms with Gasteiger partial charge in [-0.15, -0.1) is 0 Å². The molecule has 4 rings (SSSR count). The van der Waals surface area contributed by atoms with Crippen LogP contribution in [-0.2, 0) is 14.6 Å². The summed E-state index contributed by atoms with van der Waals surface area (Å²) in [6, 6.07) is 7.33. The van der Waals surface area contributed by atoms with E-state index in [1.54, 1.807) is 0 Å². The Hall–Kier alpha value is -1.70. The SMILES string of the molecule is O=S(=O)(c1ccc(Cl)cc1)C1(CC2(O)CC2)CCOc2c(F)ccc(F)c21. The lowest BCUT2D eigenvalue weighted by atomic mass is 9.85. The molecule has 8 heteroatoms. The normalized spacial score (nSPS) is 23.4. The highest BCUT2D eigenvalue weighted by Crippen LogP contribution is 2.55. The molecule has 1 N–H and O–H groups in total. The van der Waals surface area contributed by atoms with Crippen LogP contribution < -0.4 is 4.74 Å². The number of hydrogen-bond acceptors (Lipinski definition) is 4. The Morgan fingerprint density at radius 3 is 2.30 bits per heavy atom. The van der Waals surface area contributed by atoms with Crippen molar-refractivity contribution in [1.82, 2.24) is 0 Å². The van der Waals surface area contributed by atoms with Crippen molar-refractivity contribution in [2.24, 2.45) is 0 Å². The van der Waals surface area contributed by atoms with Crippen LogP contribution >= 0.6 is 11.6 Å². The van der Waals surface area contributed by atoms with Crippen LogP contribution in [-0.4, -0.2) is 25.7 Å². The van der Waals surface area contributed by atoms with Gasteiger partial charge in [0.2, 0.25) is 0 Å². The minimum absolute atomic E-state index is 0.0624. The predicted molar refractivity (Wildman–Crippen MR) is 95.6 cm³/mol. The molecule has 1 saturated carbocycles. The number of ether oxygens (including phenoxy) is 1. The summed E-state index contributed by atoms with van der Waals surface area (Å²) < 4.78 is 59.9. The van der Waals surface area contributed by atoms with Crippen molar-refractivity contribution in [3.05, 3.63) is 58.6 Å². The molecule has 0 radical (unpaired) electrons. The van der Waals surface area contributed by atoms with Gasteiger partial charge in [-0.05, 0) is 49.2 Å². The van der Waals surface area contributed by atoms with E-state index in [-0.39, 0.29) is 29.9 Å². The van der Waals surface area contributed by atoms with Crippen LogP contribution in [0.5, 0.6) is 5.75 Å². The average molecular weight is 415 g/mol. The highest BCUT2D eigenvalue weighted by molar-refractivity contribution is 7.92.